The summed E-state index contributed by atoms with van der Waals surface area (Å²) in [7, 11) is 0. The number of aliphatic carboxylic acids is 1. The molecule has 0 amide bonds. The lowest BCUT2D eigenvalue weighted by Crippen LogP contribution is -2.18. The predicted octanol–water partition coefficient (Wildman–Crippen LogP) is 1.64. The Hall–Kier alpha value is -1.42. The Morgan fingerprint density at radius 1 is 1.56 bits per heavy atom. The Morgan fingerprint density at radius 2 is 2.38 bits per heavy atom. The lowest BCUT2D eigenvalue weighted by atomic mass is 10.2. The summed E-state index contributed by atoms with van der Waals surface area (Å²) in [5.74, 6) is -0.891. The van der Waals surface area contributed by atoms with Crippen LogP contribution in [0, 0.1) is 17.7 Å². The van der Waals surface area contributed by atoms with E-state index in [1.807, 2.05) is 6.07 Å². The summed E-state index contributed by atoms with van der Waals surface area (Å²) in [6, 6.07) is 6.40. The highest BCUT2D eigenvalue weighted by Gasteiger charge is 2.42. The van der Waals surface area contributed by atoms with Gasteiger partial charge in [-0.05, 0) is 36.6 Å². The van der Waals surface area contributed by atoms with Crippen LogP contribution in [-0.4, -0.2) is 17.6 Å². The van der Waals surface area contributed by atoms with Crippen molar-refractivity contribution in [1.29, 1.82) is 0 Å². The van der Waals surface area contributed by atoms with Crippen molar-refractivity contribution in [3.63, 3.8) is 0 Å². The number of nitrogens with one attached hydrogen (secondary N) is 1. The molecule has 16 heavy (non-hydrogen) atoms. The van der Waals surface area contributed by atoms with E-state index in [9.17, 15) is 9.18 Å². The maximum atomic E-state index is 12.8. The average Bonchev–Trinajstić information content (AvgIpc) is 2.97. The third kappa shape index (κ3) is 2.79. The van der Waals surface area contributed by atoms with Crippen LogP contribution in [0.2, 0.25) is 0 Å². The molecule has 0 aromatic heterocycles. The summed E-state index contributed by atoms with van der Waals surface area (Å²) >= 11 is 0. The van der Waals surface area contributed by atoms with Gasteiger partial charge in [-0.2, -0.15) is 0 Å². The van der Waals surface area contributed by atoms with Crippen molar-refractivity contribution in [1.82, 2.24) is 5.32 Å². The molecule has 2 atom stereocenters. The van der Waals surface area contributed by atoms with Crippen LogP contribution in [0.5, 0.6) is 0 Å². The molecule has 0 bridgehead atoms. The zero-order valence-corrected chi connectivity index (χ0v) is 8.82. The summed E-state index contributed by atoms with van der Waals surface area (Å²) < 4.78 is 12.8. The molecule has 0 spiro atoms. The van der Waals surface area contributed by atoms with Crippen molar-refractivity contribution in [2.24, 2.45) is 11.8 Å². The molecule has 2 unspecified atom stereocenters. The van der Waals surface area contributed by atoms with E-state index < -0.39 is 5.97 Å². The average molecular weight is 223 g/mol. The van der Waals surface area contributed by atoms with Gasteiger partial charge in [-0.25, -0.2) is 4.39 Å². The van der Waals surface area contributed by atoms with E-state index in [1.54, 1.807) is 6.07 Å². The third-order valence-corrected chi connectivity index (χ3v) is 2.86. The maximum Gasteiger partial charge on any atom is 0.306 e. The number of halogens is 1. The summed E-state index contributed by atoms with van der Waals surface area (Å²) in [4.78, 5) is 10.6. The van der Waals surface area contributed by atoms with Gasteiger partial charge in [-0.1, -0.05) is 12.1 Å². The van der Waals surface area contributed by atoms with Crippen LogP contribution in [0.4, 0.5) is 4.39 Å². The third-order valence-electron chi connectivity index (χ3n) is 2.86. The van der Waals surface area contributed by atoms with Crippen LogP contribution < -0.4 is 5.32 Å². The standard InChI is InChI=1S/C12H14FNO2/c13-10-3-1-2-8(4-10)6-14-7-9-5-11(9)12(15)16/h1-4,9,11,14H,5-7H2,(H,15,16). The molecule has 2 N–H and O–H groups in total. The highest BCUT2D eigenvalue weighted by atomic mass is 19.1. The molecule has 86 valence electrons. The maximum absolute atomic E-state index is 12.8. The van der Waals surface area contributed by atoms with Gasteiger partial charge in [-0.15, -0.1) is 0 Å². The van der Waals surface area contributed by atoms with Crippen LogP contribution in [0.1, 0.15) is 12.0 Å². The van der Waals surface area contributed by atoms with E-state index in [2.05, 4.69) is 5.32 Å². The Morgan fingerprint density at radius 3 is 3.00 bits per heavy atom. The van der Waals surface area contributed by atoms with Crippen LogP contribution in [0.25, 0.3) is 0 Å². The quantitative estimate of drug-likeness (QED) is 0.797. The summed E-state index contributed by atoms with van der Waals surface area (Å²) in [6.45, 7) is 1.27. The molecule has 1 aromatic carbocycles. The molecule has 2 rings (SSSR count). The van der Waals surface area contributed by atoms with Gasteiger partial charge < -0.3 is 10.4 Å². The molecule has 1 aliphatic carbocycles. The molecule has 0 saturated heterocycles. The minimum atomic E-state index is -0.711. The van der Waals surface area contributed by atoms with Gasteiger partial charge in [0.15, 0.2) is 0 Å². The Labute approximate surface area is 93.3 Å². The zero-order valence-electron chi connectivity index (χ0n) is 8.82. The van der Waals surface area contributed by atoms with Crippen molar-refractivity contribution < 1.29 is 14.3 Å². The van der Waals surface area contributed by atoms with Crippen molar-refractivity contribution in [3.8, 4) is 0 Å². The number of benzene rings is 1. The van der Waals surface area contributed by atoms with E-state index in [0.29, 0.717) is 13.1 Å². The monoisotopic (exact) mass is 223 g/mol. The van der Waals surface area contributed by atoms with Gasteiger partial charge in [0.25, 0.3) is 0 Å². The first kappa shape index (κ1) is 11.1. The molecular formula is C12H14FNO2. The molecule has 0 aliphatic heterocycles. The van der Waals surface area contributed by atoms with Gasteiger partial charge in [0.1, 0.15) is 5.82 Å². The molecule has 0 radical (unpaired) electrons. The second-order valence-corrected chi connectivity index (χ2v) is 4.20. The highest BCUT2D eigenvalue weighted by Crippen LogP contribution is 2.37. The number of carboxylic acid groups (broad SMARTS) is 1. The smallest absolute Gasteiger partial charge is 0.306 e. The molecule has 3 nitrogen and oxygen atoms in total. The molecule has 1 aromatic rings. The lowest BCUT2D eigenvalue weighted by molar-refractivity contribution is -0.138. The Kier molecular flexibility index (Phi) is 3.19. The summed E-state index contributed by atoms with van der Waals surface area (Å²) in [6.07, 6.45) is 0.755. The van der Waals surface area contributed by atoms with E-state index >= 15 is 0 Å². The zero-order chi connectivity index (χ0) is 11.5. The molecule has 1 fully saturated rings. The van der Waals surface area contributed by atoms with Crippen molar-refractivity contribution in [2.75, 3.05) is 6.54 Å². The molecule has 0 heterocycles. The minimum absolute atomic E-state index is 0.181. The number of hydrogen-bond donors (Lipinski definition) is 2. The first-order valence-electron chi connectivity index (χ1n) is 5.35. The second-order valence-electron chi connectivity index (χ2n) is 4.20. The van der Waals surface area contributed by atoms with E-state index in [4.69, 9.17) is 5.11 Å². The van der Waals surface area contributed by atoms with Gasteiger partial charge in [0.05, 0.1) is 5.92 Å². The number of carbonyl (C=O) groups is 1. The fraction of sp³-hybridized carbons (Fsp3) is 0.417. The van der Waals surface area contributed by atoms with Crippen molar-refractivity contribution in [2.45, 2.75) is 13.0 Å². The molecular weight excluding hydrogens is 209 g/mol. The van der Waals surface area contributed by atoms with Crippen LogP contribution in [0.15, 0.2) is 24.3 Å². The second kappa shape index (κ2) is 4.61. The van der Waals surface area contributed by atoms with E-state index in [0.717, 1.165) is 12.0 Å². The Balaban J connectivity index is 1.71. The number of carboxylic acids is 1. The minimum Gasteiger partial charge on any atom is -0.481 e. The van der Waals surface area contributed by atoms with Crippen molar-refractivity contribution in [3.05, 3.63) is 35.6 Å². The first-order chi connectivity index (χ1) is 7.66. The van der Waals surface area contributed by atoms with Crippen molar-refractivity contribution >= 4 is 5.97 Å². The highest BCUT2D eigenvalue weighted by molar-refractivity contribution is 5.73. The SMILES string of the molecule is O=C(O)C1CC1CNCc1cccc(F)c1. The van der Waals surface area contributed by atoms with Gasteiger partial charge in [-0.3, -0.25) is 4.79 Å². The topological polar surface area (TPSA) is 49.3 Å². The van der Waals surface area contributed by atoms with E-state index in [1.165, 1.54) is 12.1 Å². The van der Waals surface area contributed by atoms with Gasteiger partial charge in [0.2, 0.25) is 0 Å². The van der Waals surface area contributed by atoms with Crippen LogP contribution in [-0.2, 0) is 11.3 Å². The van der Waals surface area contributed by atoms with Crippen LogP contribution in [0.3, 0.4) is 0 Å². The predicted molar refractivity (Wildman–Crippen MR) is 57.3 cm³/mol. The molecule has 4 heteroatoms. The fourth-order valence-corrected chi connectivity index (χ4v) is 1.82. The summed E-state index contributed by atoms with van der Waals surface area (Å²) in [5, 5.41) is 11.8. The molecule has 1 saturated carbocycles. The van der Waals surface area contributed by atoms with Gasteiger partial charge >= 0.3 is 5.97 Å². The first-order valence-corrected chi connectivity index (χ1v) is 5.35. The van der Waals surface area contributed by atoms with Crippen LogP contribution >= 0.6 is 0 Å². The van der Waals surface area contributed by atoms with E-state index in [-0.39, 0.29) is 17.7 Å². The van der Waals surface area contributed by atoms with Gasteiger partial charge in [0, 0.05) is 6.54 Å². The Bertz CT molecular complexity index is 394. The number of hydrogen-bond acceptors (Lipinski definition) is 2. The summed E-state index contributed by atoms with van der Waals surface area (Å²) in [5.41, 5.74) is 0.882. The normalized spacial score (nSPS) is 23.1. The molecule has 1 aliphatic rings. The largest absolute Gasteiger partial charge is 0.481 e. The number of rotatable bonds is 5. The lowest BCUT2D eigenvalue weighted by Gasteiger charge is -2.03. The fourth-order valence-electron chi connectivity index (χ4n) is 1.82.